The van der Waals surface area contributed by atoms with Crippen LogP contribution in [-0.4, -0.2) is 24.3 Å². The minimum absolute atomic E-state index is 0.336. The van der Waals surface area contributed by atoms with Gasteiger partial charge in [-0.05, 0) is 24.3 Å². The van der Waals surface area contributed by atoms with Gasteiger partial charge >= 0.3 is 6.18 Å². The Hall–Kier alpha value is -2.59. The van der Waals surface area contributed by atoms with Gasteiger partial charge in [0.05, 0.1) is 17.0 Å². The molecular weight excluding hydrogens is 479 g/mol. The number of nitrogens with zero attached hydrogens (tertiary/aromatic N) is 5. The number of rotatable bonds is 5. The van der Waals surface area contributed by atoms with Crippen LogP contribution in [0.1, 0.15) is 11.4 Å². The summed E-state index contributed by atoms with van der Waals surface area (Å²) in [6.07, 6.45) is -0.919. The average Bonchev–Trinajstić information content (AvgIpc) is 3.32. The van der Waals surface area contributed by atoms with Crippen molar-refractivity contribution in [2.75, 3.05) is 0 Å². The summed E-state index contributed by atoms with van der Waals surface area (Å²) in [7, 11) is 1.88. The van der Waals surface area contributed by atoms with Crippen LogP contribution in [0.2, 0.25) is 0 Å². The van der Waals surface area contributed by atoms with Crippen LogP contribution in [0.25, 0.3) is 17.1 Å². The predicted molar refractivity (Wildman–Crippen MR) is 112 cm³/mol. The number of aryl methyl sites for hydroxylation is 1. The van der Waals surface area contributed by atoms with Crippen molar-refractivity contribution >= 4 is 27.7 Å². The molecule has 0 aliphatic rings. The van der Waals surface area contributed by atoms with Gasteiger partial charge in [0.2, 0.25) is 0 Å². The molecule has 0 atom stereocenters. The van der Waals surface area contributed by atoms with Crippen molar-refractivity contribution in [3.05, 3.63) is 76.8 Å². The first-order valence-electron chi connectivity index (χ1n) is 8.81. The van der Waals surface area contributed by atoms with Crippen molar-refractivity contribution in [2.24, 2.45) is 7.05 Å². The van der Waals surface area contributed by atoms with Gasteiger partial charge < -0.3 is 4.57 Å². The first kappa shape index (κ1) is 20.7. The molecule has 0 spiro atoms. The number of alkyl halides is 3. The minimum Gasteiger partial charge on any atom is -0.337 e. The van der Waals surface area contributed by atoms with E-state index in [-0.39, 0.29) is 0 Å². The summed E-state index contributed by atoms with van der Waals surface area (Å²) < 4.78 is 44.2. The van der Waals surface area contributed by atoms with E-state index in [2.05, 4.69) is 31.1 Å². The van der Waals surface area contributed by atoms with E-state index in [0.717, 1.165) is 28.0 Å². The van der Waals surface area contributed by atoms with Crippen molar-refractivity contribution in [3.8, 4) is 17.1 Å². The number of hydrogen-bond acceptors (Lipinski definition) is 4. The Balaban J connectivity index is 1.82. The van der Waals surface area contributed by atoms with Gasteiger partial charge in [-0.1, -0.05) is 52.0 Å². The van der Waals surface area contributed by atoms with E-state index in [1.807, 2.05) is 42.1 Å². The molecule has 10 heteroatoms. The molecule has 4 rings (SSSR count). The van der Waals surface area contributed by atoms with E-state index in [4.69, 9.17) is 0 Å². The molecule has 0 bridgehead atoms. The Labute approximate surface area is 183 Å². The van der Waals surface area contributed by atoms with Crippen LogP contribution in [0.3, 0.4) is 0 Å². The highest BCUT2D eigenvalue weighted by molar-refractivity contribution is 9.10. The van der Waals surface area contributed by atoms with Gasteiger partial charge in [0.15, 0.2) is 11.0 Å². The Morgan fingerprint density at radius 3 is 2.57 bits per heavy atom. The molecule has 5 nitrogen and oxygen atoms in total. The molecule has 2 aromatic carbocycles. The molecule has 0 aliphatic heterocycles. The second-order valence-corrected chi connectivity index (χ2v) is 8.21. The van der Waals surface area contributed by atoms with E-state index >= 15 is 0 Å². The van der Waals surface area contributed by atoms with E-state index in [1.54, 1.807) is 16.8 Å². The molecule has 0 fully saturated rings. The molecule has 0 saturated carbocycles. The molecule has 0 unspecified atom stereocenters. The van der Waals surface area contributed by atoms with Crippen LogP contribution in [0.5, 0.6) is 0 Å². The topological polar surface area (TPSA) is 48.5 Å². The molecule has 2 aromatic heterocycles. The van der Waals surface area contributed by atoms with Gasteiger partial charge in [-0.3, -0.25) is 4.57 Å². The van der Waals surface area contributed by atoms with Gasteiger partial charge in [-0.15, -0.1) is 10.2 Å². The lowest BCUT2D eigenvalue weighted by atomic mass is 10.1. The Morgan fingerprint density at radius 2 is 1.87 bits per heavy atom. The van der Waals surface area contributed by atoms with Gasteiger partial charge in [-0.2, -0.15) is 13.2 Å². The Morgan fingerprint density at radius 1 is 1.07 bits per heavy atom. The third-order valence-electron chi connectivity index (χ3n) is 4.43. The molecule has 0 amide bonds. The first-order valence-corrected chi connectivity index (χ1v) is 10.6. The fraction of sp³-hybridized carbons (Fsp3) is 0.150. The standard InChI is InChI=1S/C20H15BrF3N5S/c1-28-10-9-25-17(28)12-30-19-27-26-18(15-7-2-3-8-16(15)21)29(19)14-6-4-5-13(11-14)20(22,23)24/h2-11H,12H2,1H3. The van der Waals surface area contributed by atoms with Gasteiger partial charge in [0, 0.05) is 29.5 Å². The van der Waals surface area contributed by atoms with Crippen molar-refractivity contribution in [1.82, 2.24) is 24.3 Å². The van der Waals surface area contributed by atoms with E-state index < -0.39 is 11.7 Å². The van der Waals surface area contributed by atoms with E-state index in [9.17, 15) is 13.2 Å². The highest BCUT2D eigenvalue weighted by Gasteiger charge is 2.31. The largest absolute Gasteiger partial charge is 0.416 e. The third kappa shape index (κ3) is 4.15. The summed E-state index contributed by atoms with van der Waals surface area (Å²) in [6.45, 7) is 0. The van der Waals surface area contributed by atoms with E-state index in [1.165, 1.54) is 17.8 Å². The summed E-state index contributed by atoms with van der Waals surface area (Å²) in [5.74, 6) is 1.77. The lowest BCUT2D eigenvalue weighted by molar-refractivity contribution is -0.137. The first-order chi connectivity index (χ1) is 14.3. The van der Waals surface area contributed by atoms with Gasteiger partial charge in [0.25, 0.3) is 0 Å². The van der Waals surface area contributed by atoms with Crippen LogP contribution in [0.4, 0.5) is 13.2 Å². The fourth-order valence-corrected chi connectivity index (χ4v) is 4.32. The molecule has 154 valence electrons. The monoisotopic (exact) mass is 493 g/mol. The summed E-state index contributed by atoms with van der Waals surface area (Å²) in [4.78, 5) is 4.29. The SMILES string of the molecule is Cn1ccnc1CSc1nnc(-c2ccccc2Br)n1-c1cccc(C(F)(F)F)c1. The Kier molecular flexibility index (Phi) is 5.70. The highest BCUT2D eigenvalue weighted by atomic mass is 79.9. The van der Waals surface area contributed by atoms with Crippen molar-refractivity contribution in [2.45, 2.75) is 17.1 Å². The van der Waals surface area contributed by atoms with Crippen molar-refractivity contribution < 1.29 is 13.2 Å². The molecule has 2 heterocycles. The molecule has 0 aliphatic carbocycles. The maximum Gasteiger partial charge on any atom is 0.416 e. The normalized spacial score (nSPS) is 11.8. The second-order valence-electron chi connectivity index (χ2n) is 6.41. The average molecular weight is 494 g/mol. The summed E-state index contributed by atoms with van der Waals surface area (Å²) >= 11 is 4.85. The highest BCUT2D eigenvalue weighted by Crippen LogP contribution is 2.35. The molecule has 0 saturated heterocycles. The van der Waals surface area contributed by atoms with E-state index in [0.29, 0.717) is 22.4 Å². The van der Waals surface area contributed by atoms with Crippen LogP contribution in [-0.2, 0) is 19.0 Å². The molecular formula is C20H15BrF3N5S. The maximum absolute atomic E-state index is 13.3. The zero-order valence-corrected chi connectivity index (χ0v) is 18.0. The predicted octanol–water partition coefficient (Wildman–Crippen LogP) is 5.74. The van der Waals surface area contributed by atoms with Gasteiger partial charge in [-0.25, -0.2) is 4.98 Å². The number of aromatic nitrogens is 5. The number of benzene rings is 2. The number of imidazole rings is 1. The maximum atomic E-state index is 13.3. The van der Waals surface area contributed by atoms with Crippen LogP contribution < -0.4 is 0 Å². The van der Waals surface area contributed by atoms with Crippen LogP contribution >= 0.6 is 27.7 Å². The quantitative estimate of drug-likeness (QED) is 0.332. The minimum atomic E-state index is -4.45. The van der Waals surface area contributed by atoms with Crippen LogP contribution in [0.15, 0.2) is 70.6 Å². The number of thioether (sulfide) groups is 1. The molecule has 0 N–H and O–H groups in total. The summed E-state index contributed by atoms with van der Waals surface area (Å²) in [5.41, 5.74) is 0.334. The molecule has 0 radical (unpaired) electrons. The zero-order valence-electron chi connectivity index (χ0n) is 15.6. The Bertz CT molecular complexity index is 1190. The fourth-order valence-electron chi connectivity index (χ4n) is 2.90. The lowest BCUT2D eigenvalue weighted by Gasteiger charge is -2.13. The van der Waals surface area contributed by atoms with Crippen molar-refractivity contribution in [3.63, 3.8) is 0 Å². The molecule has 4 aromatic rings. The smallest absolute Gasteiger partial charge is 0.337 e. The number of hydrogen-bond donors (Lipinski definition) is 0. The van der Waals surface area contributed by atoms with Crippen LogP contribution in [0, 0.1) is 0 Å². The van der Waals surface area contributed by atoms with Crippen molar-refractivity contribution in [1.29, 1.82) is 0 Å². The second kappa shape index (κ2) is 8.27. The number of halogens is 4. The molecule has 30 heavy (non-hydrogen) atoms. The summed E-state index contributed by atoms with van der Waals surface area (Å²) in [5, 5.41) is 9.03. The zero-order chi connectivity index (χ0) is 21.3. The third-order valence-corrected chi connectivity index (χ3v) is 6.05. The summed E-state index contributed by atoms with van der Waals surface area (Å²) in [6, 6.07) is 12.5. The van der Waals surface area contributed by atoms with Gasteiger partial charge in [0.1, 0.15) is 5.82 Å². The lowest BCUT2D eigenvalue weighted by Crippen LogP contribution is -2.07.